The number of aromatic nitrogens is 1. The van der Waals surface area contributed by atoms with Gasteiger partial charge in [0.2, 0.25) is 0 Å². The third-order valence-corrected chi connectivity index (χ3v) is 3.36. The van der Waals surface area contributed by atoms with Gasteiger partial charge in [0.1, 0.15) is 0 Å². The van der Waals surface area contributed by atoms with Crippen molar-refractivity contribution in [2.24, 2.45) is 0 Å². The first kappa shape index (κ1) is 12.9. The number of alkyl halides is 1. The van der Waals surface area contributed by atoms with Crippen LogP contribution in [0, 0.1) is 0 Å². The molecular formula is C12H10BrCl2NO. The van der Waals surface area contributed by atoms with Crippen LogP contribution in [0.4, 0.5) is 0 Å². The van der Waals surface area contributed by atoms with Crippen LogP contribution in [-0.4, -0.2) is 10.9 Å². The topological polar surface area (TPSA) is 26.0 Å². The highest BCUT2D eigenvalue weighted by molar-refractivity contribution is 9.10. The van der Waals surface area contributed by atoms with E-state index in [4.69, 9.17) is 27.6 Å². The van der Waals surface area contributed by atoms with E-state index in [1.807, 2.05) is 18.2 Å². The van der Waals surface area contributed by atoms with E-state index in [1.54, 1.807) is 6.20 Å². The Morgan fingerprint density at radius 1 is 1.35 bits per heavy atom. The summed E-state index contributed by atoms with van der Waals surface area (Å²) < 4.78 is 6.59. The summed E-state index contributed by atoms with van der Waals surface area (Å²) in [6.45, 7) is 0. The SMILES string of the molecule is ClCCCc1ncc(-c2cc(Br)ccc2Cl)o1. The van der Waals surface area contributed by atoms with Crippen LogP contribution in [0.25, 0.3) is 11.3 Å². The predicted molar refractivity (Wildman–Crippen MR) is 73.7 cm³/mol. The van der Waals surface area contributed by atoms with Crippen molar-refractivity contribution in [1.82, 2.24) is 4.98 Å². The molecule has 1 aromatic carbocycles. The lowest BCUT2D eigenvalue weighted by Gasteiger charge is -2.00. The van der Waals surface area contributed by atoms with Gasteiger partial charge in [-0.15, -0.1) is 11.6 Å². The zero-order valence-electron chi connectivity index (χ0n) is 8.92. The normalized spacial score (nSPS) is 10.8. The molecule has 5 heteroatoms. The lowest BCUT2D eigenvalue weighted by atomic mass is 10.2. The molecule has 0 fully saturated rings. The van der Waals surface area contributed by atoms with Crippen molar-refractivity contribution in [3.05, 3.63) is 39.8 Å². The molecule has 0 aliphatic carbocycles. The lowest BCUT2D eigenvalue weighted by Crippen LogP contribution is -1.84. The molecule has 0 amide bonds. The highest BCUT2D eigenvalue weighted by Gasteiger charge is 2.10. The van der Waals surface area contributed by atoms with E-state index in [9.17, 15) is 0 Å². The molecule has 2 rings (SSSR count). The van der Waals surface area contributed by atoms with Gasteiger partial charge in [-0.2, -0.15) is 0 Å². The molecule has 1 heterocycles. The summed E-state index contributed by atoms with van der Waals surface area (Å²) in [6, 6.07) is 5.62. The summed E-state index contributed by atoms with van der Waals surface area (Å²) in [5.41, 5.74) is 0.839. The van der Waals surface area contributed by atoms with E-state index in [1.165, 1.54) is 0 Å². The molecule has 0 unspecified atom stereocenters. The standard InChI is InChI=1S/C12H10BrCl2NO/c13-8-3-4-10(15)9(6-8)11-7-16-12(17-11)2-1-5-14/h3-4,6-7H,1-2,5H2. The van der Waals surface area contributed by atoms with Crippen LogP contribution in [-0.2, 0) is 6.42 Å². The zero-order chi connectivity index (χ0) is 12.3. The Hall–Kier alpha value is -0.510. The van der Waals surface area contributed by atoms with Crippen LogP contribution < -0.4 is 0 Å². The fourth-order valence-electron chi connectivity index (χ4n) is 1.45. The molecule has 0 spiro atoms. The smallest absolute Gasteiger partial charge is 0.194 e. The van der Waals surface area contributed by atoms with Gasteiger partial charge in [0.05, 0.1) is 11.2 Å². The van der Waals surface area contributed by atoms with E-state index in [2.05, 4.69) is 20.9 Å². The molecule has 0 aliphatic rings. The second kappa shape index (κ2) is 5.89. The number of hydrogen-bond acceptors (Lipinski definition) is 2. The largest absolute Gasteiger partial charge is 0.441 e. The van der Waals surface area contributed by atoms with Crippen LogP contribution >= 0.6 is 39.1 Å². The van der Waals surface area contributed by atoms with Crippen molar-refractivity contribution in [1.29, 1.82) is 0 Å². The van der Waals surface area contributed by atoms with E-state index in [0.29, 0.717) is 22.6 Å². The average Bonchev–Trinajstić information content (AvgIpc) is 2.78. The second-order valence-electron chi connectivity index (χ2n) is 3.53. The first-order valence-electron chi connectivity index (χ1n) is 5.17. The van der Waals surface area contributed by atoms with Crippen LogP contribution in [0.1, 0.15) is 12.3 Å². The minimum absolute atomic E-state index is 0.607. The van der Waals surface area contributed by atoms with Crippen LogP contribution in [0.15, 0.2) is 33.3 Å². The van der Waals surface area contributed by atoms with Gasteiger partial charge >= 0.3 is 0 Å². The van der Waals surface area contributed by atoms with Crippen LogP contribution in [0.2, 0.25) is 5.02 Å². The van der Waals surface area contributed by atoms with Crippen LogP contribution in [0.3, 0.4) is 0 Å². The van der Waals surface area contributed by atoms with Gasteiger partial charge in [-0.3, -0.25) is 0 Å². The van der Waals surface area contributed by atoms with Crippen molar-refractivity contribution in [2.45, 2.75) is 12.8 Å². The molecule has 0 saturated carbocycles. The summed E-state index contributed by atoms with van der Waals surface area (Å²) >= 11 is 15.1. The third-order valence-electron chi connectivity index (χ3n) is 2.27. The fourth-order valence-corrected chi connectivity index (χ4v) is 2.16. The van der Waals surface area contributed by atoms with Gasteiger partial charge in [0, 0.05) is 22.3 Å². The monoisotopic (exact) mass is 333 g/mol. The number of benzene rings is 1. The highest BCUT2D eigenvalue weighted by atomic mass is 79.9. The Kier molecular flexibility index (Phi) is 4.48. The highest BCUT2D eigenvalue weighted by Crippen LogP contribution is 2.31. The quantitative estimate of drug-likeness (QED) is 0.741. The Labute approximate surface area is 118 Å². The molecule has 1 aromatic heterocycles. The predicted octanol–water partition coefficient (Wildman–Crippen LogP) is 4.93. The average molecular weight is 335 g/mol. The van der Waals surface area contributed by atoms with Gasteiger partial charge in [-0.25, -0.2) is 4.98 Å². The fraction of sp³-hybridized carbons (Fsp3) is 0.250. The summed E-state index contributed by atoms with van der Waals surface area (Å²) in [5, 5.41) is 0.647. The number of halogens is 3. The maximum absolute atomic E-state index is 6.11. The molecular weight excluding hydrogens is 325 g/mol. The second-order valence-corrected chi connectivity index (χ2v) is 5.24. The number of hydrogen-bond donors (Lipinski definition) is 0. The number of nitrogens with zero attached hydrogens (tertiary/aromatic N) is 1. The molecule has 0 atom stereocenters. The van der Waals surface area contributed by atoms with E-state index in [0.717, 1.165) is 22.9 Å². The Bertz CT molecular complexity index is 513. The minimum Gasteiger partial charge on any atom is -0.441 e. The van der Waals surface area contributed by atoms with E-state index < -0.39 is 0 Å². The van der Waals surface area contributed by atoms with Crippen LogP contribution in [0.5, 0.6) is 0 Å². The molecule has 17 heavy (non-hydrogen) atoms. The summed E-state index contributed by atoms with van der Waals surface area (Å²) in [5.74, 6) is 1.98. The molecule has 0 N–H and O–H groups in total. The molecule has 0 saturated heterocycles. The van der Waals surface area contributed by atoms with Crippen molar-refractivity contribution in [3.63, 3.8) is 0 Å². The minimum atomic E-state index is 0.607. The van der Waals surface area contributed by atoms with Gasteiger partial charge < -0.3 is 4.42 Å². The summed E-state index contributed by atoms with van der Waals surface area (Å²) in [4.78, 5) is 4.20. The van der Waals surface area contributed by atoms with E-state index in [-0.39, 0.29) is 0 Å². The lowest BCUT2D eigenvalue weighted by molar-refractivity contribution is 0.503. The molecule has 0 bridgehead atoms. The van der Waals surface area contributed by atoms with Gasteiger partial charge in [-0.05, 0) is 24.6 Å². The number of aryl methyl sites for hydroxylation is 1. The van der Waals surface area contributed by atoms with Gasteiger partial charge in [-0.1, -0.05) is 27.5 Å². The first-order chi connectivity index (χ1) is 8.20. The molecule has 0 radical (unpaired) electrons. The Morgan fingerprint density at radius 2 is 2.18 bits per heavy atom. The maximum Gasteiger partial charge on any atom is 0.194 e. The molecule has 2 aromatic rings. The van der Waals surface area contributed by atoms with Crippen molar-refractivity contribution in [2.75, 3.05) is 5.88 Å². The first-order valence-corrected chi connectivity index (χ1v) is 6.87. The zero-order valence-corrected chi connectivity index (χ0v) is 12.0. The summed E-state index contributed by atoms with van der Waals surface area (Å²) in [6.07, 6.45) is 3.29. The van der Waals surface area contributed by atoms with Crippen molar-refractivity contribution < 1.29 is 4.42 Å². The number of rotatable bonds is 4. The Balaban J connectivity index is 2.27. The summed E-state index contributed by atoms with van der Waals surface area (Å²) in [7, 11) is 0. The van der Waals surface area contributed by atoms with Gasteiger partial charge in [0.25, 0.3) is 0 Å². The van der Waals surface area contributed by atoms with Crippen molar-refractivity contribution in [3.8, 4) is 11.3 Å². The third kappa shape index (κ3) is 3.24. The number of oxazole rings is 1. The van der Waals surface area contributed by atoms with Crippen molar-refractivity contribution >= 4 is 39.1 Å². The molecule has 2 nitrogen and oxygen atoms in total. The molecule has 90 valence electrons. The van der Waals surface area contributed by atoms with Gasteiger partial charge in [0.15, 0.2) is 11.7 Å². The van der Waals surface area contributed by atoms with E-state index >= 15 is 0 Å². The molecule has 0 aliphatic heterocycles. The Morgan fingerprint density at radius 3 is 2.94 bits per heavy atom. The maximum atomic E-state index is 6.11.